The molecule has 4 rings (SSSR count). The summed E-state index contributed by atoms with van der Waals surface area (Å²) in [5, 5.41) is 2.96. The lowest BCUT2D eigenvalue weighted by atomic mass is 9.89. The molecule has 2 aliphatic heterocycles. The van der Waals surface area contributed by atoms with E-state index in [1.54, 1.807) is 11.3 Å². The van der Waals surface area contributed by atoms with E-state index in [0.717, 1.165) is 35.5 Å². The van der Waals surface area contributed by atoms with Gasteiger partial charge in [0, 0.05) is 16.6 Å². The van der Waals surface area contributed by atoms with Gasteiger partial charge in [-0.2, -0.15) is 0 Å². The number of hydrogen-bond acceptors (Lipinski definition) is 5. The van der Waals surface area contributed by atoms with E-state index in [4.69, 9.17) is 9.47 Å². The van der Waals surface area contributed by atoms with Gasteiger partial charge in [-0.05, 0) is 38.3 Å². The monoisotopic (exact) mass is 315 g/mol. The molecular formula is C17H17NO3S. The Morgan fingerprint density at radius 3 is 3.00 bits per heavy atom. The minimum Gasteiger partial charge on any atom is -0.426 e. The maximum atomic E-state index is 12.3. The fraction of sp³-hybridized carbons (Fsp3) is 0.412. The Labute approximate surface area is 133 Å². The molecule has 0 radical (unpaired) electrons. The van der Waals surface area contributed by atoms with E-state index in [2.05, 4.69) is 4.98 Å². The number of ether oxygens (including phenoxy) is 2. The van der Waals surface area contributed by atoms with Gasteiger partial charge in [0.2, 0.25) is 0 Å². The summed E-state index contributed by atoms with van der Waals surface area (Å²) in [5.74, 6) is 0.308. The molecule has 114 valence electrons. The fourth-order valence-corrected chi connectivity index (χ4v) is 4.05. The first-order valence-corrected chi connectivity index (χ1v) is 8.47. The number of esters is 1. The molecule has 5 heteroatoms. The number of hydrogen-bond donors (Lipinski definition) is 0. The van der Waals surface area contributed by atoms with Crippen LogP contribution in [0.2, 0.25) is 0 Å². The van der Waals surface area contributed by atoms with Crippen molar-refractivity contribution in [3.8, 4) is 16.3 Å². The van der Waals surface area contributed by atoms with Gasteiger partial charge >= 0.3 is 5.97 Å². The van der Waals surface area contributed by atoms with Gasteiger partial charge in [-0.1, -0.05) is 12.1 Å². The average molecular weight is 315 g/mol. The van der Waals surface area contributed by atoms with Crippen LogP contribution in [0.4, 0.5) is 0 Å². The number of rotatable bonds is 3. The first kappa shape index (κ1) is 13.9. The number of aryl methyl sites for hydroxylation is 1. The van der Waals surface area contributed by atoms with Crippen LogP contribution in [0.3, 0.4) is 0 Å². The summed E-state index contributed by atoms with van der Waals surface area (Å²) in [6.45, 7) is 1.97. The van der Waals surface area contributed by atoms with Gasteiger partial charge in [0.1, 0.15) is 10.8 Å². The minimum atomic E-state index is -0.167. The van der Waals surface area contributed by atoms with Crippen LogP contribution in [0.15, 0.2) is 29.6 Å². The Hall–Kier alpha value is -1.72. The molecule has 2 aromatic rings. The van der Waals surface area contributed by atoms with Crippen LogP contribution in [0.1, 0.15) is 25.0 Å². The van der Waals surface area contributed by atoms with Crippen molar-refractivity contribution >= 4 is 17.3 Å². The van der Waals surface area contributed by atoms with Gasteiger partial charge in [-0.3, -0.25) is 4.79 Å². The van der Waals surface area contributed by atoms with Crippen LogP contribution in [0.25, 0.3) is 10.6 Å². The highest BCUT2D eigenvalue weighted by molar-refractivity contribution is 7.13. The molecule has 0 unspecified atom stereocenters. The van der Waals surface area contributed by atoms with Crippen molar-refractivity contribution in [1.82, 2.24) is 4.98 Å². The lowest BCUT2D eigenvalue weighted by Crippen LogP contribution is -2.29. The maximum absolute atomic E-state index is 12.3. The Bertz CT molecular complexity index is 711. The highest BCUT2D eigenvalue weighted by Crippen LogP contribution is 2.39. The summed E-state index contributed by atoms with van der Waals surface area (Å²) in [7, 11) is 0. The predicted molar refractivity (Wildman–Crippen MR) is 83.9 cm³/mol. The molecule has 0 spiro atoms. The van der Waals surface area contributed by atoms with Gasteiger partial charge in [0.15, 0.2) is 0 Å². The molecule has 0 saturated carbocycles. The Morgan fingerprint density at radius 2 is 2.32 bits per heavy atom. The molecule has 2 fully saturated rings. The first-order valence-electron chi connectivity index (χ1n) is 7.59. The van der Waals surface area contributed by atoms with E-state index in [9.17, 15) is 4.79 Å². The molecule has 2 saturated heterocycles. The molecule has 0 N–H and O–H groups in total. The lowest BCUT2D eigenvalue weighted by molar-refractivity contribution is -0.140. The number of carbonyl (C=O) groups is 1. The van der Waals surface area contributed by atoms with Crippen molar-refractivity contribution in [1.29, 1.82) is 0 Å². The van der Waals surface area contributed by atoms with E-state index in [0.29, 0.717) is 5.75 Å². The zero-order valence-corrected chi connectivity index (χ0v) is 13.1. The predicted octanol–water partition coefficient (Wildman–Crippen LogP) is 3.59. The number of carbonyl (C=O) groups excluding carboxylic acids is 1. The van der Waals surface area contributed by atoms with Crippen molar-refractivity contribution in [2.75, 3.05) is 0 Å². The highest BCUT2D eigenvalue weighted by Gasteiger charge is 2.45. The Balaban J connectivity index is 1.50. The molecule has 2 bridgehead atoms. The molecule has 3 atom stereocenters. The van der Waals surface area contributed by atoms with Crippen LogP contribution in [0, 0.1) is 12.8 Å². The zero-order valence-electron chi connectivity index (χ0n) is 12.3. The largest absolute Gasteiger partial charge is 0.426 e. The van der Waals surface area contributed by atoms with E-state index in [1.165, 1.54) is 0 Å². The van der Waals surface area contributed by atoms with Gasteiger partial charge in [0.05, 0.1) is 18.1 Å². The third-order valence-corrected chi connectivity index (χ3v) is 5.34. The average Bonchev–Trinajstić information content (AvgIpc) is 3.23. The normalized spacial score (nSPS) is 26.3. The SMILES string of the molecule is Cc1csc(-c2cccc(OC(=O)[C@@H]3C[C@H]4CC[C@H]3O4)c2)n1. The zero-order chi connectivity index (χ0) is 15.1. The molecule has 4 nitrogen and oxygen atoms in total. The van der Waals surface area contributed by atoms with Crippen molar-refractivity contribution in [3.63, 3.8) is 0 Å². The Morgan fingerprint density at radius 1 is 1.41 bits per heavy atom. The van der Waals surface area contributed by atoms with E-state index in [-0.39, 0.29) is 24.1 Å². The molecular weight excluding hydrogens is 298 g/mol. The third kappa shape index (κ3) is 2.55. The second-order valence-corrected chi connectivity index (χ2v) is 6.82. The number of thiazole rings is 1. The number of aromatic nitrogens is 1. The van der Waals surface area contributed by atoms with Crippen LogP contribution >= 0.6 is 11.3 Å². The van der Waals surface area contributed by atoms with Crippen LogP contribution in [0.5, 0.6) is 5.75 Å². The molecule has 22 heavy (non-hydrogen) atoms. The molecule has 2 aliphatic rings. The van der Waals surface area contributed by atoms with Crippen molar-refractivity contribution in [3.05, 3.63) is 35.3 Å². The van der Waals surface area contributed by atoms with E-state index in [1.807, 2.05) is 36.6 Å². The van der Waals surface area contributed by atoms with E-state index < -0.39 is 0 Å². The highest BCUT2D eigenvalue weighted by atomic mass is 32.1. The Kier molecular flexibility index (Phi) is 3.47. The lowest BCUT2D eigenvalue weighted by Gasteiger charge is -2.17. The van der Waals surface area contributed by atoms with Gasteiger partial charge in [-0.15, -0.1) is 11.3 Å². The van der Waals surface area contributed by atoms with Crippen LogP contribution < -0.4 is 4.74 Å². The molecule has 3 heterocycles. The van der Waals surface area contributed by atoms with E-state index >= 15 is 0 Å². The standard InChI is InChI=1S/C17H17NO3S/c1-10-9-22-16(18-10)11-3-2-4-12(7-11)21-17(19)14-8-13-5-6-15(14)20-13/h2-4,7,9,13-15H,5-6,8H2,1H3/t13-,14-,15-/m1/s1. The van der Waals surface area contributed by atoms with Gasteiger partial charge < -0.3 is 9.47 Å². The quantitative estimate of drug-likeness (QED) is 0.641. The maximum Gasteiger partial charge on any atom is 0.317 e. The smallest absolute Gasteiger partial charge is 0.317 e. The van der Waals surface area contributed by atoms with Gasteiger partial charge in [-0.25, -0.2) is 4.98 Å². The summed E-state index contributed by atoms with van der Waals surface area (Å²) in [5.41, 5.74) is 1.98. The summed E-state index contributed by atoms with van der Waals surface area (Å²) in [6.07, 6.45) is 3.17. The third-order valence-electron chi connectivity index (χ3n) is 4.33. The number of nitrogens with zero attached hydrogens (tertiary/aromatic N) is 1. The second kappa shape index (κ2) is 5.48. The summed E-state index contributed by atoms with van der Waals surface area (Å²) in [4.78, 5) is 16.8. The van der Waals surface area contributed by atoms with Gasteiger partial charge in [0.25, 0.3) is 0 Å². The molecule has 1 aromatic carbocycles. The fourth-order valence-electron chi connectivity index (χ4n) is 3.26. The minimum absolute atomic E-state index is 0.0577. The van der Waals surface area contributed by atoms with Crippen molar-refractivity contribution < 1.29 is 14.3 Å². The van der Waals surface area contributed by atoms with Crippen LogP contribution in [-0.2, 0) is 9.53 Å². The van der Waals surface area contributed by atoms with Crippen LogP contribution in [-0.4, -0.2) is 23.2 Å². The summed E-state index contributed by atoms with van der Waals surface area (Å²) >= 11 is 1.59. The van der Waals surface area contributed by atoms with Crippen molar-refractivity contribution in [2.45, 2.75) is 38.4 Å². The summed E-state index contributed by atoms with van der Waals surface area (Å²) < 4.78 is 11.3. The number of benzene rings is 1. The number of fused-ring (bicyclic) bond motifs is 2. The second-order valence-electron chi connectivity index (χ2n) is 5.96. The van der Waals surface area contributed by atoms with Crippen molar-refractivity contribution in [2.24, 2.45) is 5.92 Å². The molecule has 1 aromatic heterocycles. The first-order chi connectivity index (χ1) is 10.7. The summed E-state index contributed by atoms with van der Waals surface area (Å²) in [6, 6.07) is 7.57. The molecule has 0 aliphatic carbocycles. The topological polar surface area (TPSA) is 48.4 Å². The molecule has 0 amide bonds.